The summed E-state index contributed by atoms with van der Waals surface area (Å²) in [6, 6.07) is 13.2. The summed E-state index contributed by atoms with van der Waals surface area (Å²) in [6.45, 7) is 0.824. The van der Waals surface area contributed by atoms with E-state index in [0.29, 0.717) is 46.1 Å². The number of hydrogen-bond donors (Lipinski definition) is 1. The molecule has 2 aromatic heterocycles. The molecule has 2 aromatic carbocycles. The summed E-state index contributed by atoms with van der Waals surface area (Å²) in [5, 5.41) is 2.94. The van der Waals surface area contributed by atoms with Crippen LogP contribution in [0.3, 0.4) is 0 Å². The van der Waals surface area contributed by atoms with Crippen molar-refractivity contribution in [3.05, 3.63) is 81.6 Å². The Balaban J connectivity index is 1.52. The molecule has 0 fully saturated rings. The third kappa shape index (κ3) is 5.06. The van der Waals surface area contributed by atoms with E-state index >= 15 is 0 Å². The van der Waals surface area contributed by atoms with Crippen LogP contribution in [0.5, 0.6) is 0 Å². The molecule has 9 heteroatoms. The average molecular weight is 453 g/mol. The minimum atomic E-state index is -0.335. The van der Waals surface area contributed by atoms with Gasteiger partial charge in [-0.2, -0.15) is 0 Å². The van der Waals surface area contributed by atoms with Gasteiger partial charge in [0.1, 0.15) is 16.6 Å². The van der Waals surface area contributed by atoms with Crippen LogP contribution in [0.1, 0.15) is 11.5 Å². The van der Waals surface area contributed by atoms with Crippen molar-refractivity contribution in [1.29, 1.82) is 0 Å². The van der Waals surface area contributed by atoms with E-state index in [1.54, 1.807) is 47.7 Å². The molecule has 1 N–H and O–H groups in total. The summed E-state index contributed by atoms with van der Waals surface area (Å²) < 4.78 is 18.6. The number of H-pyrrole nitrogens is 1. The van der Waals surface area contributed by atoms with Crippen LogP contribution in [0, 0.1) is 5.82 Å². The number of rotatable bonds is 8. The lowest BCUT2D eigenvalue weighted by Gasteiger charge is -2.21. The van der Waals surface area contributed by atoms with Crippen LogP contribution in [-0.2, 0) is 22.5 Å². The van der Waals surface area contributed by atoms with Gasteiger partial charge in [0.2, 0.25) is 5.91 Å². The molecule has 0 aliphatic heterocycles. The van der Waals surface area contributed by atoms with Crippen molar-refractivity contribution >= 4 is 28.1 Å². The van der Waals surface area contributed by atoms with E-state index in [4.69, 9.17) is 4.74 Å². The van der Waals surface area contributed by atoms with E-state index in [1.807, 2.05) is 6.07 Å². The van der Waals surface area contributed by atoms with E-state index in [0.717, 1.165) is 0 Å². The zero-order chi connectivity index (χ0) is 22.5. The number of aromatic amines is 1. The summed E-state index contributed by atoms with van der Waals surface area (Å²) >= 11 is 1.36. The zero-order valence-electron chi connectivity index (χ0n) is 17.4. The molecule has 4 aromatic rings. The molecule has 0 radical (unpaired) electrons. The van der Waals surface area contributed by atoms with Gasteiger partial charge in [0.25, 0.3) is 5.56 Å². The van der Waals surface area contributed by atoms with E-state index in [-0.39, 0.29) is 30.2 Å². The number of nitrogens with zero attached hydrogens (tertiary/aromatic N) is 3. The first-order valence-corrected chi connectivity index (χ1v) is 10.9. The highest BCUT2D eigenvalue weighted by atomic mass is 32.1. The van der Waals surface area contributed by atoms with Crippen molar-refractivity contribution in [2.75, 3.05) is 20.3 Å². The van der Waals surface area contributed by atoms with E-state index in [9.17, 15) is 14.0 Å². The summed E-state index contributed by atoms with van der Waals surface area (Å²) in [4.78, 5) is 38.7. The fraction of sp³-hybridized carbons (Fsp3) is 0.217. The molecule has 164 valence electrons. The van der Waals surface area contributed by atoms with Crippen molar-refractivity contribution in [3.63, 3.8) is 0 Å². The van der Waals surface area contributed by atoms with Crippen molar-refractivity contribution < 1.29 is 13.9 Å². The SMILES string of the molecule is COCCN(Cc1nc2ccccc2c(=O)[nH]1)C(=O)Cc1csc(-c2cccc(F)c2)n1. The van der Waals surface area contributed by atoms with E-state index in [1.165, 1.54) is 23.5 Å². The van der Waals surface area contributed by atoms with E-state index < -0.39 is 0 Å². The Morgan fingerprint density at radius 1 is 1.19 bits per heavy atom. The number of methoxy groups -OCH3 is 1. The summed E-state index contributed by atoms with van der Waals surface area (Å²) in [6.07, 6.45) is 0.0767. The van der Waals surface area contributed by atoms with Gasteiger partial charge >= 0.3 is 0 Å². The van der Waals surface area contributed by atoms with Gasteiger partial charge < -0.3 is 14.6 Å². The summed E-state index contributed by atoms with van der Waals surface area (Å²) in [5.41, 5.74) is 1.60. The molecule has 7 nitrogen and oxygen atoms in total. The number of nitrogens with one attached hydrogen (secondary N) is 1. The standard InChI is InChI=1S/C23H21FN4O3S/c1-31-10-9-28(13-20-26-19-8-3-2-7-18(19)22(30)27-20)21(29)12-17-14-32-23(25-17)15-5-4-6-16(24)11-15/h2-8,11,14H,9-10,12-13H2,1H3,(H,26,27,30). The lowest BCUT2D eigenvalue weighted by molar-refractivity contribution is -0.131. The first-order chi connectivity index (χ1) is 15.5. The molecule has 0 aliphatic rings. The number of benzene rings is 2. The number of carbonyl (C=O) groups is 1. The number of carbonyl (C=O) groups excluding carboxylic acids is 1. The molecule has 0 atom stereocenters. The third-order valence-electron chi connectivity index (χ3n) is 4.88. The smallest absolute Gasteiger partial charge is 0.258 e. The minimum Gasteiger partial charge on any atom is -0.383 e. The molecule has 1 amide bonds. The molecule has 4 rings (SSSR count). The van der Waals surface area contributed by atoms with Gasteiger partial charge in [0, 0.05) is 24.6 Å². The maximum Gasteiger partial charge on any atom is 0.258 e. The molecule has 0 spiro atoms. The predicted octanol–water partition coefficient (Wildman–Crippen LogP) is 3.40. The normalized spacial score (nSPS) is 11.1. The topological polar surface area (TPSA) is 88.2 Å². The lowest BCUT2D eigenvalue weighted by Crippen LogP contribution is -2.35. The number of amides is 1. The number of halogens is 1. The maximum absolute atomic E-state index is 13.5. The Bertz CT molecular complexity index is 1300. The first kappa shape index (κ1) is 21.8. The Labute approximate surface area is 187 Å². The highest BCUT2D eigenvalue weighted by Crippen LogP contribution is 2.24. The van der Waals surface area contributed by atoms with Crippen molar-refractivity contribution in [1.82, 2.24) is 19.9 Å². The van der Waals surface area contributed by atoms with Crippen LogP contribution in [0.4, 0.5) is 4.39 Å². The van der Waals surface area contributed by atoms with Gasteiger partial charge in [-0.15, -0.1) is 11.3 Å². The molecule has 2 heterocycles. The molecular weight excluding hydrogens is 431 g/mol. The lowest BCUT2D eigenvalue weighted by atomic mass is 10.2. The van der Waals surface area contributed by atoms with Gasteiger partial charge in [-0.3, -0.25) is 9.59 Å². The van der Waals surface area contributed by atoms with Crippen LogP contribution in [0.2, 0.25) is 0 Å². The Morgan fingerprint density at radius 3 is 2.84 bits per heavy atom. The number of thiazole rings is 1. The highest BCUT2D eigenvalue weighted by molar-refractivity contribution is 7.13. The van der Waals surface area contributed by atoms with E-state index in [2.05, 4.69) is 15.0 Å². The molecule has 0 saturated heterocycles. The number of fused-ring (bicyclic) bond motifs is 1. The number of para-hydroxylation sites is 1. The molecule has 0 bridgehead atoms. The molecule has 0 unspecified atom stereocenters. The minimum absolute atomic E-state index is 0.0767. The fourth-order valence-corrected chi connectivity index (χ4v) is 4.11. The Hall–Kier alpha value is -3.43. The van der Waals surface area contributed by atoms with Crippen molar-refractivity contribution in [2.24, 2.45) is 0 Å². The third-order valence-corrected chi connectivity index (χ3v) is 5.82. The second-order valence-electron chi connectivity index (χ2n) is 7.17. The van der Waals surface area contributed by atoms with Crippen LogP contribution in [0.15, 0.2) is 58.7 Å². The van der Waals surface area contributed by atoms with Gasteiger partial charge in [-0.25, -0.2) is 14.4 Å². The van der Waals surface area contributed by atoms with Gasteiger partial charge in [0.15, 0.2) is 0 Å². The molecular formula is C23H21FN4O3S. The highest BCUT2D eigenvalue weighted by Gasteiger charge is 2.18. The van der Waals surface area contributed by atoms with Gasteiger partial charge in [-0.05, 0) is 24.3 Å². The van der Waals surface area contributed by atoms with Gasteiger partial charge in [-0.1, -0.05) is 24.3 Å². The molecule has 32 heavy (non-hydrogen) atoms. The van der Waals surface area contributed by atoms with Crippen LogP contribution in [0.25, 0.3) is 21.5 Å². The fourth-order valence-electron chi connectivity index (χ4n) is 3.29. The Kier molecular flexibility index (Phi) is 6.67. The van der Waals surface area contributed by atoms with Crippen molar-refractivity contribution in [2.45, 2.75) is 13.0 Å². The second kappa shape index (κ2) is 9.80. The number of hydrogen-bond acceptors (Lipinski definition) is 6. The number of aromatic nitrogens is 3. The van der Waals surface area contributed by atoms with Crippen LogP contribution < -0.4 is 5.56 Å². The average Bonchev–Trinajstić information content (AvgIpc) is 3.25. The Morgan fingerprint density at radius 2 is 2.03 bits per heavy atom. The van der Waals surface area contributed by atoms with Crippen molar-refractivity contribution in [3.8, 4) is 10.6 Å². The second-order valence-corrected chi connectivity index (χ2v) is 8.03. The first-order valence-electron chi connectivity index (χ1n) is 9.98. The summed E-state index contributed by atoms with van der Waals surface area (Å²) in [7, 11) is 1.56. The largest absolute Gasteiger partial charge is 0.383 e. The summed E-state index contributed by atoms with van der Waals surface area (Å²) in [5.74, 6) is -0.108. The monoisotopic (exact) mass is 452 g/mol. The van der Waals surface area contributed by atoms with Crippen LogP contribution in [-0.4, -0.2) is 46.0 Å². The molecule has 0 saturated carbocycles. The quantitative estimate of drug-likeness (QED) is 0.443. The predicted molar refractivity (Wildman–Crippen MR) is 121 cm³/mol. The number of ether oxygens (including phenoxy) is 1. The molecule has 0 aliphatic carbocycles. The zero-order valence-corrected chi connectivity index (χ0v) is 18.2. The van der Waals surface area contributed by atoms with Gasteiger partial charge in [0.05, 0.1) is 36.2 Å². The maximum atomic E-state index is 13.5. The van der Waals surface area contributed by atoms with Crippen LogP contribution >= 0.6 is 11.3 Å².